The van der Waals surface area contributed by atoms with Gasteiger partial charge in [0.1, 0.15) is 10.7 Å². The summed E-state index contributed by atoms with van der Waals surface area (Å²) >= 11 is 0. The molecule has 0 radical (unpaired) electrons. The van der Waals surface area contributed by atoms with E-state index in [1.165, 1.54) is 24.0 Å². The Bertz CT molecular complexity index is 877. The van der Waals surface area contributed by atoms with Gasteiger partial charge in [-0.3, -0.25) is 4.98 Å². The number of hydrogen-bond donors (Lipinski definition) is 1. The Morgan fingerprint density at radius 2 is 1.88 bits per heavy atom. The Morgan fingerprint density at radius 3 is 2.62 bits per heavy atom. The molecule has 0 aliphatic heterocycles. The van der Waals surface area contributed by atoms with Crippen LogP contribution in [0.2, 0.25) is 0 Å². The molecule has 2 aromatic heterocycles. The van der Waals surface area contributed by atoms with Crippen LogP contribution in [0.25, 0.3) is 0 Å². The first-order chi connectivity index (χ1) is 11.6. The summed E-state index contributed by atoms with van der Waals surface area (Å²) in [7, 11) is -3.59. The molecule has 6 nitrogen and oxygen atoms in total. The fourth-order valence-corrected chi connectivity index (χ4v) is 3.30. The lowest BCUT2D eigenvalue weighted by atomic mass is 10.1. The predicted octanol–water partition coefficient (Wildman–Crippen LogP) is 2.00. The fourth-order valence-electron chi connectivity index (χ4n) is 2.35. The standard InChI is InChI=1S/C17H18N4O2S/c22-24(23,16-7-4-9-18-13-16)20-14-17-19-10-12-21(17)11-8-15-5-2-1-3-6-15/h1-7,9-10,12-13,20H,8,11,14H2. The van der Waals surface area contributed by atoms with E-state index < -0.39 is 10.0 Å². The number of aryl methyl sites for hydroxylation is 2. The van der Waals surface area contributed by atoms with Crippen LogP contribution in [0.3, 0.4) is 0 Å². The van der Waals surface area contributed by atoms with Gasteiger partial charge in [0.2, 0.25) is 10.0 Å². The summed E-state index contributed by atoms with van der Waals surface area (Å²) in [5.74, 6) is 0.679. The summed E-state index contributed by atoms with van der Waals surface area (Å²) in [5, 5.41) is 0. The second kappa shape index (κ2) is 7.37. The molecule has 1 aromatic carbocycles. The maximum absolute atomic E-state index is 12.2. The Balaban J connectivity index is 1.64. The van der Waals surface area contributed by atoms with Crippen molar-refractivity contribution in [3.05, 3.63) is 78.6 Å². The molecule has 0 atom stereocenters. The van der Waals surface area contributed by atoms with Crippen LogP contribution in [-0.2, 0) is 29.5 Å². The Kier molecular flexibility index (Phi) is 5.02. The molecule has 0 saturated carbocycles. The highest BCUT2D eigenvalue weighted by atomic mass is 32.2. The van der Waals surface area contributed by atoms with E-state index >= 15 is 0 Å². The molecule has 3 aromatic rings. The zero-order chi connectivity index (χ0) is 16.8. The van der Waals surface area contributed by atoms with Gasteiger partial charge in [-0.05, 0) is 24.1 Å². The zero-order valence-corrected chi connectivity index (χ0v) is 13.9. The third kappa shape index (κ3) is 4.06. The number of sulfonamides is 1. The molecule has 1 N–H and O–H groups in total. The molecule has 7 heteroatoms. The van der Waals surface area contributed by atoms with Crippen LogP contribution in [0.5, 0.6) is 0 Å². The molecule has 0 bridgehead atoms. The minimum absolute atomic E-state index is 0.138. The third-order valence-electron chi connectivity index (χ3n) is 3.65. The van der Waals surface area contributed by atoms with Crippen LogP contribution < -0.4 is 4.72 Å². The molecule has 0 amide bonds. The maximum Gasteiger partial charge on any atom is 0.242 e. The summed E-state index contributed by atoms with van der Waals surface area (Å²) < 4.78 is 29.0. The van der Waals surface area contributed by atoms with Crippen molar-refractivity contribution in [1.29, 1.82) is 0 Å². The molecule has 0 saturated heterocycles. The second-order valence-electron chi connectivity index (χ2n) is 5.29. The van der Waals surface area contributed by atoms with Crippen molar-refractivity contribution in [3.63, 3.8) is 0 Å². The quantitative estimate of drug-likeness (QED) is 0.712. The maximum atomic E-state index is 12.2. The van der Waals surface area contributed by atoms with Gasteiger partial charge in [-0.1, -0.05) is 30.3 Å². The SMILES string of the molecule is O=S(=O)(NCc1nccn1CCc1ccccc1)c1cccnc1. The van der Waals surface area contributed by atoms with E-state index in [0.717, 1.165) is 13.0 Å². The number of pyridine rings is 1. The van der Waals surface area contributed by atoms with Gasteiger partial charge in [0.15, 0.2) is 0 Å². The molecule has 0 spiro atoms. The second-order valence-corrected chi connectivity index (χ2v) is 7.05. The van der Waals surface area contributed by atoms with Crippen molar-refractivity contribution < 1.29 is 8.42 Å². The summed E-state index contributed by atoms with van der Waals surface area (Å²) in [6, 6.07) is 13.2. The van der Waals surface area contributed by atoms with Crippen LogP contribution in [-0.4, -0.2) is 23.0 Å². The lowest BCUT2D eigenvalue weighted by Gasteiger charge is -2.09. The van der Waals surface area contributed by atoms with Gasteiger partial charge in [0.25, 0.3) is 0 Å². The number of nitrogens with one attached hydrogen (secondary N) is 1. The van der Waals surface area contributed by atoms with E-state index in [-0.39, 0.29) is 11.4 Å². The molecule has 0 unspecified atom stereocenters. The summed E-state index contributed by atoms with van der Waals surface area (Å²) in [6.07, 6.45) is 7.26. The first-order valence-corrected chi connectivity index (χ1v) is 9.07. The monoisotopic (exact) mass is 342 g/mol. The lowest BCUT2D eigenvalue weighted by Crippen LogP contribution is -2.25. The number of rotatable bonds is 7. The normalized spacial score (nSPS) is 11.5. The minimum Gasteiger partial charge on any atom is -0.334 e. The van der Waals surface area contributed by atoms with E-state index in [1.54, 1.807) is 12.3 Å². The molecule has 2 heterocycles. The van der Waals surface area contributed by atoms with Gasteiger partial charge in [0.05, 0.1) is 6.54 Å². The number of nitrogens with zero attached hydrogens (tertiary/aromatic N) is 3. The van der Waals surface area contributed by atoms with Crippen LogP contribution in [0.15, 0.2) is 72.1 Å². The number of hydrogen-bond acceptors (Lipinski definition) is 4. The predicted molar refractivity (Wildman–Crippen MR) is 90.6 cm³/mol. The molecule has 0 aliphatic carbocycles. The van der Waals surface area contributed by atoms with Crippen molar-refractivity contribution >= 4 is 10.0 Å². The Hall–Kier alpha value is -2.51. The van der Waals surface area contributed by atoms with Crippen molar-refractivity contribution in [2.24, 2.45) is 0 Å². The van der Waals surface area contributed by atoms with E-state index in [1.807, 2.05) is 29.0 Å². The summed E-state index contributed by atoms with van der Waals surface area (Å²) in [4.78, 5) is 8.23. The highest BCUT2D eigenvalue weighted by Crippen LogP contribution is 2.08. The number of imidazole rings is 1. The number of benzene rings is 1. The van der Waals surface area contributed by atoms with E-state index in [4.69, 9.17) is 0 Å². The van der Waals surface area contributed by atoms with Crippen molar-refractivity contribution in [2.75, 3.05) is 0 Å². The molecule has 0 fully saturated rings. The van der Waals surface area contributed by atoms with Crippen molar-refractivity contribution in [2.45, 2.75) is 24.4 Å². The number of aromatic nitrogens is 3. The third-order valence-corrected chi connectivity index (χ3v) is 5.04. The van der Waals surface area contributed by atoms with Gasteiger partial charge in [0, 0.05) is 31.3 Å². The van der Waals surface area contributed by atoms with Gasteiger partial charge in [-0.2, -0.15) is 0 Å². The van der Waals surface area contributed by atoms with Crippen LogP contribution in [0.1, 0.15) is 11.4 Å². The smallest absolute Gasteiger partial charge is 0.242 e. The van der Waals surface area contributed by atoms with E-state index in [0.29, 0.717) is 5.82 Å². The molecule has 3 rings (SSSR count). The average molecular weight is 342 g/mol. The Labute approximate surface area is 141 Å². The molecule has 124 valence electrons. The summed E-state index contributed by atoms with van der Waals surface area (Å²) in [5.41, 5.74) is 1.23. The fraction of sp³-hybridized carbons (Fsp3) is 0.176. The zero-order valence-electron chi connectivity index (χ0n) is 13.0. The molecule has 24 heavy (non-hydrogen) atoms. The minimum atomic E-state index is -3.59. The van der Waals surface area contributed by atoms with Gasteiger partial charge < -0.3 is 4.57 Å². The first-order valence-electron chi connectivity index (χ1n) is 7.59. The van der Waals surface area contributed by atoms with Gasteiger partial charge >= 0.3 is 0 Å². The van der Waals surface area contributed by atoms with E-state index in [9.17, 15) is 8.42 Å². The average Bonchev–Trinajstić information content (AvgIpc) is 3.07. The van der Waals surface area contributed by atoms with E-state index in [2.05, 4.69) is 26.8 Å². The molecule has 0 aliphatic rings. The topological polar surface area (TPSA) is 76.9 Å². The van der Waals surface area contributed by atoms with Crippen molar-refractivity contribution in [3.8, 4) is 0 Å². The van der Waals surface area contributed by atoms with Gasteiger partial charge in [-0.25, -0.2) is 18.1 Å². The highest BCUT2D eigenvalue weighted by Gasteiger charge is 2.15. The molecular weight excluding hydrogens is 324 g/mol. The molecular formula is C17H18N4O2S. The Morgan fingerprint density at radius 1 is 1.04 bits per heavy atom. The highest BCUT2D eigenvalue weighted by molar-refractivity contribution is 7.89. The van der Waals surface area contributed by atoms with Crippen molar-refractivity contribution in [1.82, 2.24) is 19.3 Å². The summed E-state index contributed by atoms with van der Waals surface area (Å²) in [6.45, 7) is 0.882. The first kappa shape index (κ1) is 16.4. The van der Waals surface area contributed by atoms with Crippen LogP contribution in [0.4, 0.5) is 0 Å². The largest absolute Gasteiger partial charge is 0.334 e. The van der Waals surface area contributed by atoms with Gasteiger partial charge in [-0.15, -0.1) is 0 Å². The van der Waals surface area contributed by atoms with Crippen LogP contribution in [0, 0.1) is 0 Å². The lowest BCUT2D eigenvalue weighted by molar-refractivity contribution is 0.572. The van der Waals surface area contributed by atoms with Crippen LogP contribution >= 0.6 is 0 Å².